The molecule has 0 bridgehead atoms. The van der Waals surface area contributed by atoms with Crippen LogP contribution in [0, 0.1) is 0 Å². The number of amides is 2. The Morgan fingerprint density at radius 3 is 2.32 bits per heavy atom. The van der Waals surface area contributed by atoms with Crippen LogP contribution in [-0.4, -0.2) is 18.1 Å². The number of carbonyl (C=O) groups is 2. The van der Waals surface area contributed by atoms with Crippen LogP contribution in [-0.2, 0) is 0 Å². The smallest absolute Gasteiger partial charge is 0.265 e. The Kier molecular flexibility index (Phi) is 5.53. The lowest BCUT2D eigenvalue weighted by atomic mass is 10.1. The molecular formula is C19H16N2O2S2. The first-order valence-corrected chi connectivity index (χ1v) is 9.66. The minimum atomic E-state index is -0.218. The van der Waals surface area contributed by atoms with Gasteiger partial charge in [0.25, 0.3) is 11.8 Å². The van der Waals surface area contributed by atoms with Crippen molar-refractivity contribution in [3.63, 3.8) is 0 Å². The fraction of sp³-hybridized carbons (Fsp3) is 0.0526. The van der Waals surface area contributed by atoms with Gasteiger partial charge in [0.1, 0.15) is 0 Å². The van der Waals surface area contributed by atoms with Gasteiger partial charge in [-0.3, -0.25) is 9.59 Å². The molecule has 0 radical (unpaired) electrons. The van der Waals surface area contributed by atoms with Crippen molar-refractivity contribution in [2.45, 2.75) is 4.90 Å². The van der Waals surface area contributed by atoms with Crippen molar-refractivity contribution < 1.29 is 9.59 Å². The standard InChI is InChI=1S/C19H16N2O2S2/c1-24-16-9-7-14(8-10-16)20-18(22)13-4-2-5-15(12-13)21-19(23)17-6-3-11-25-17/h2-12H,1H3,(H,20,22)(H,21,23). The van der Waals surface area contributed by atoms with E-state index in [4.69, 9.17) is 0 Å². The Morgan fingerprint density at radius 1 is 0.880 bits per heavy atom. The number of thioether (sulfide) groups is 1. The molecule has 1 aromatic heterocycles. The van der Waals surface area contributed by atoms with E-state index in [1.165, 1.54) is 11.3 Å². The highest BCUT2D eigenvalue weighted by atomic mass is 32.2. The van der Waals surface area contributed by atoms with Gasteiger partial charge in [-0.25, -0.2) is 0 Å². The number of thiophene rings is 1. The quantitative estimate of drug-likeness (QED) is 0.625. The zero-order valence-corrected chi connectivity index (χ0v) is 15.1. The predicted molar refractivity (Wildman–Crippen MR) is 105 cm³/mol. The molecule has 2 aromatic carbocycles. The third-order valence-electron chi connectivity index (χ3n) is 3.48. The highest BCUT2D eigenvalue weighted by Crippen LogP contribution is 2.19. The topological polar surface area (TPSA) is 58.2 Å². The van der Waals surface area contributed by atoms with Crippen LogP contribution in [0.4, 0.5) is 11.4 Å². The van der Waals surface area contributed by atoms with Gasteiger partial charge in [0.05, 0.1) is 4.88 Å². The average molecular weight is 368 g/mol. The second kappa shape index (κ2) is 8.00. The lowest BCUT2D eigenvalue weighted by Gasteiger charge is -2.08. The summed E-state index contributed by atoms with van der Waals surface area (Å²) < 4.78 is 0. The maximum atomic E-state index is 12.4. The summed E-state index contributed by atoms with van der Waals surface area (Å²) in [4.78, 5) is 26.3. The molecule has 0 saturated carbocycles. The molecule has 6 heteroatoms. The van der Waals surface area contributed by atoms with Gasteiger partial charge in [0, 0.05) is 21.8 Å². The van der Waals surface area contributed by atoms with E-state index in [2.05, 4.69) is 10.6 Å². The largest absolute Gasteiger partial charge is 0.322 e. The molecule has 25 heavy (non-hydrogen) atoms. The molecule has 0 atom stereocenters. The van der Waals surface area contributed by atoms with Gasteiger partial charge in [-0.15, -0.1) is 23.1 Å². The van der Waals surface area contributed by atoms with Crippen LogP contribution in [0.3, 0.4) is 0 Å². The number of carbonyl (C=O) groups excluding carboxylic acids is 2. The molecule has 3 rings (SSSR count). The summed E-state index contributed by atoms with van der Waals surface area (Å²) in [6.45, 7) is 0. The monoisotopic (exact) mass is 368 g/mol. The number of hydrogen-bond donors (Lipinski definition) is 2. The average Bonchev–Trinajstić information content (AvgIpc) is 3.17. The van der Waals surface area contributed by atoms with Gasteiger partial charge in [0.2, 0.25) is 0 Å². The maximum Gasteiger partial charge on any atom is 0.265 e. The summed E-state index contributed by atoms with van der Waals surface area (Å²) in [6.07, 6.45) is 2.00. The lowest BCUT2D eigenvalue weighted by Crippen LogP contribution is -2.14. The molecule has 0 fully saturated rings. The Hall–Kier alpha value is -2.57. The molecule has 0 aliphatic rings. The fourth-order valence-corrected chi connectivity index (χ4v) is 3.24. The number of nitrogens with one attached hydrogen (secondary N) is 2. The summed E-state index contributed by atoms with van der Waals surface area (Å²) in [7, 11) is 0. The van der Waals surface area contributed by atoms with Crippen molar-refractivity contribution in [2.75, 3.05) is 16.9 Å². The van der Waals surface area contributed by atoms with Crippen LogP contribution in [0.2, 0.25) is 0 Å². The van der Waals surface area contributed by atoms with Crippen LogP contribution in [0.1, 0.15) is 20.0 Å². The highest BCUT2D eigenvalue weighted by Gasteiger charge is 2.10. The molecule has 3 aromatic rings. The Morgan fingerprint density at radius 2 is 1.64 bits per heavy atom. The second-order valence-corrected chi connectivity index (χ2v) is 7.02. The predicted octanol–water partition coefficient (Wildman–Crippen LogP) is 4.97. The van der Waals surface area contributed by atoms with E-state index < -0.39 is 0 Å². The van der Waals surface area contributed by atoms with Crippen LogP contribution in [0.15, 0.2) is 70.9 Å². The van der Waals surface area contributed by atoms with Crippen LogP contribution < -0.4 is 10.6 Å². The Bertz CT molecular complexity index is 875. The SMILES string of the molecule is CSc1ccc(NC(=O)c2cccc(NC(=O)c3cccs3)c2)cc1. The molecule has 2 N–H and O–H groups in total. The molecule has 4 nitrogen and oxygen atoms in total. The lowest BCUT2D eigenvalue weighted by molar-refractivity contribution is 0.101. The molecule has 0 spiro atoms. The first-order valence-electron chi connectivity index (χ1n) is 7.56. The van der Waals surface area contributed by atoms with E-state index in [-0.39, 0.29) is 11.8 Å². The van der Waals surface area contributed by atoms with E-state index in [1.54, 1.807) is 42.1 Å². The summed E-state index contributed by atoms with van der Waals surface area (Å²) in [6, 6.07) is 18.1. The second-order valence-electron chi connectivity index (χ2n) is 5.19. The highest BCUT2D eigenvalue weighted by molar-refractivity contribution is 7.98. The van der Waals surface area contributed by atoms with E-state index in [0.29, 0.717) is 16.1 Å². The molecule has 2 amide bonds. The molecule has 1 heterocycles. The van der Waals surface area contributed by atoms with Gasteiger partial charge in [-0.2, -0.15) is 0 Å². The molecule has 0 aliphatic carbocycles. The van der Waals surface area contributed by atoms with Crippen molar-refractivity contribution in [1.29, 1.82) is 0 Å². The number of anilines is 2. The van der Waals surface area contributed by atoms with E-state index in [1.807, 2.05) is 42.0 Å². The minimum absolute atomic E-state index is 0.180. The van der Waals surface area contributed by atoms with Crippen LogP contribution >= 0.6 is 23.1 Å². The fourth-order valence-electron chi connectivity index (χ4n) is 2.22. The zero-order valence-electron chi connectivity index (χ0n) is 13.5. The first kappa shape index (κ1) is 17.3. The van der Waals surface area contributed by atoms with Crippen molar-refractivity contribution in [3.05, 3.63) is 76.5 Å². The van der Waals surface area contributed by atoms with E-state index in [0.717, 1.165) is 10.6 Å². The van der Waals surface area contributed by atoms with Gasteiger partial charge in [-0.1, -0.05) is 12.1 Å². The van der Waals surface area contributed by atoms with E-state index >= 15 is 0 Å². The van der Waals surface area contributed by atoms with E-state index in [9.17, 15) is 9.59 Å². The van der Waals surface area contributed by atoms with Crippen LogP contribution in [0.25, 0.3) is 0 Å². The normalized spacial score (nSPS) is 10.3. The van der Waals surface area contributed by atoms with Crippen molar-refractivity contribution in [1.82, 2.24) is 0 Å². The third-order valence-corrected chi connectivity index (χ3v) is 5.09. The number of rotatable bonds is 5. The van der Waals surface area contributed by atoms with Crippen molar-refractivity contribution in [2.24, 2.45) is 0 Å². The first-order chi connectivity index (χ1) is 12.2. The molecule has 0 unspecified atom stereocenters. The maximum absolute atomic E-state index is 12.4. The summed E-state index contributed by atoms with van der Waals surface area (Å²) in [5.41, 5.74) is 1.80. The summed E-state index contributed by atoms with van der Waals surface area (Å²) in [5, 5.41) is 7.51. The molecule has 126 valence electrons. The van der Waals surface area contributed by atoms with Gasteiger partial charge >= 0.3 is 0 Å². The number of hydrogen-bond acceptors (Lipinski definition) is 4. The molecule has 0 saturated heterocycles. The number of benzene rings is 2. The summed E-state index contributed by atoms with van der Waals surface area (Å²) in [5.74, 6) is -0.399. The molecular weight excluding hydrogens is 352 g/mol. The van der Waals surface area contributed by atoms with Gasteiger partial charge in [0.15, 0.2) is 0 Å². The third kappa shape index (κ3) is 4.49. The Balaban J connectivity index is 1.69. The van der Waals surface area contributed by atoms with Crippen molar-refractivity contribution in [3.8, 4) is 0 Å². The Labute approximate surface area is 154 Å². The zero-order chi connectivity index (χ0) is 17.6. The minimum Gasteiger partial charge on any atom is -0.322 e. The van der Waals surface area contributed by atoms with Crippen LogP contribution in [0.5, 0.6) is 0 Å². The summed E-state index contributed by atoms with van der Waals surface area (Å²) >= 11 is 3.02. The van der Waals surface area contributed by atoms with Crippen molar-refractivity contribution >= 4 is 46.3 Å². The van der Waals surface area contributed by atoms with Gasteiger partial charge in [-0.05, 0) is 60.2 Å². The van der Waals surface area contributed by atoms with Gasteiger partial charge < -0.3 is 10.6 Å². The molecule has 0 aliphatic heterocycles.